The van der Waals surface area contributed by atoms with E-state index in [4.69, 9.17) is 11.6 Å². The monoisotopic (exact) mass is 290 g/mol. The molecule has 1 heterocycles. The third kappa shape index (κ3) is 4.55. The second-order valence-corrected chi connectivity index (χ2v) is 7.00. The molecule has 1 rings (SSSR count). The van der Waals surface area contributed by atoms with Gasteiger partial charge in [-0.05, 0) is 31.5 Å². The van der Waals surface area contributed by atoms with Gasteiger partial charge >= 0.3 is 0 Å². The van der Waals surface area contributed by atoms with Crippen molar-refractivity contribution in [2.45, 2.75) is 25.8 Å². The summed E-state index contributed by atoms with van der Waals surface area (Å²) < 4.78 is 22.8. The van der Waals surface area contributed by atoms with Crippen LogP contribution in [0.5, 0.6) is 0 Å². The molecule has 102 valence electrons. The Labute approximate surface area is 114 Å². The lowest BCUT2D eigenvalue weighted by Gasteiger charge is -2.17. The van der Waals surface area contributed by atoms with E-state index in [0.29, 0.717) is 11.4 Å². The van der Waals surface area contributed by atoms with Crippen molar-refractivity contribution in [3.63, 3.8) is 0 Å². The van der Waals surface area contributed by atoms with E-state index in [2.05, 4.69) is 10.3 Å². The molecule has 0 aromatic carbocycles. The van der Waals surface area contributed by atoms with Crippen molar-refractivity contribution in [2.75, 3.05) is 18.6 Å². The quantitative estimate of drug-likeness (QED) is 0.836. The Morgan fingerprint density at radius 2 is 2.22 bits per heavy atom. The molecule has 1 atom stereocenters. The van der Waals surface area contributed by atoms with Crippen molar-refractivity contribution < 1.29 is 8.42 Å². The van der Waals surface area contributed by atoms with Crippen molar-refractivity contribution in [1.29, 1.82) is 0 Å². The largest absolute Gasteiger partial charge is 0.313 e. The van der Waals surface area contributed by atoms with Gasteiger partial charge < -0.3 is 5.32 Å². The third-order valence-electron chi connectivity index (χ3n) is 2.92. The molecule has 0 aliphatic rings. The molecule has 4 nitrogen and oxygen atoms in total. The highest BCUT2D eigenvalue weighted by atomic mass is 35.5. The Balaban J connectivity index is 2.61. The zero-order valence-corrected chi connectivity index (χ0v) is 12.3. The minimum Gasteiger partial charge on any atom is -0.313 e. The number of sulfone groups is 1. The van der Waals surface area contributed by atoms with Crippen molar-refractivity contribution >= 4 is 21.4 Å². The number of halogens is 1. The Bertz CT molecular complexity index is 477. The van der Waals surface area contributed by atoms with Gasteiger partial charge in [0, 0.05) is 24.2 Å². The Morgan fingerprint density at radius 1 is 1.50 bits per heavy atom. The molecular weight excluding hydrogens is 272 g/mol. The molecule has 0 spiro atoms. The summed E-state index contributed by atoms with van der Waals surface area (Å²) in [6.07, 6.45) is 4.65. The SMILES string of the molecule is CCS(=O)(=O)CCCC(NC)c1ccncc1Cl. The number of aromatic nitrogens is 1. The molecule has 0 saturated heterocycles. The van der Waals surface area contributed by atoms with Crippen LogP contribution in [-0.2, 0) is 9.84 Å². The Hall–Kier alpha value is -0.650. The van der Waals surface area contributed by atoms with Crippen molar-refractivity contribution in [3.8, 4) is 0 Å². The van der Waals surface area contributed by atoms with Crippen LogP contribution in [0.1, 0.15) is 31.4 Å². The topological polar surface area (TPSA) is 59.1 Å². The van der Waals surface area contributed by atoms with Gasteiger partial charge in [0.1, 0.15) is 9.84 Å². The van der Waals surface area contributed by atoms with Crippen LogP contribution in [0.15, 0.2) is 18.5 Å². The van der Waals surface area contributed by atoms with Gasteiger partial charge in [0.15, 0.2) is 0 Å². The summed E-state index contributed by atoms with van der Waals surface area (Å²) in [7, 11) is -1.05. The van der Waals surface area contributed by atoms with Crippen LogP contribution in [0.2, 0.25) is 5.02 Å². The van der Waals surface area contributed by atoms with Crippen LogP contribution in [0.25, 0.3) is 0 Å². The highest BCUT2D eigenvalue weighted by Gasteiger charge is 2.14. The summed E-state index contributed by atoms with van der Waals surface area (Å²) in [6, 6.07) is 1.92. The standard InChI is InChI=1S/C12H19ClN2O2S/c1-3-18(16,17)8-4-5-12(14-2)10-6-7-15-9-11(10)13/h6-7,9,12,14H,3-5,8H2,1-2H3. The molecule has 1 N–H and O–H groups in total. The number of rotatable bonds is 7. The van der Waals surface area contributed by atoms with Gasteiger partial charge in [-0.2, -0.15) is 0 Å². The van der Waals surface area contributed by atoms with E-state index in [1.807, 2.05) is 13.1 Å². The fourth-order valence-corrected chi connectivity index (χ4v) is 2.92. The van der Waals surface area contributed by atoms with E-state index < -0.39 is 9.84 Å². The first-order valence-corrected chi connectivity index (χ1v) is 8.17. The molecule has 0 aliphatic carbocycles. The zero-order chi connectivity index (χ0) is 13.6. The van der Waals surface area contributed by atoms with Crippen LogP contribution in [0.4, 0.5) is 0 Å². The molecule has 6 heteroatoms. The van der Waals surface area contributed by atoms with Gasteiger partial charge in [0.05, 0.1) is 10.8 Å². The van der Waals surface area contributed by atoms with Crippen LogP contribution in [0.3, 0.4) is 0 Å². The average Bonchev–Trinajstić information content (AvgIpc) is 2.36. The number of hydrogen-bond donors (Lipinski definition) is 1. The molecule has 1 unspecified atom stereocenters. The predicted molar refractivity (Wildman–Crippen MR) is 74.6 cm³/mol. The highest BCUT2D eigenvalue weighted by Crippen LogP contribution is 2.25. The second-order valence-electron chi connectivity index (χ2n) is 4.12. The summed E-state index contributed by atoms with van der Waals surface area (Å²) in [6.45, 7) is 1.67. The fraction of sp³-hybridized carbons (Fsp3) is 0.583. The molecule has 0 saturated carbocycles. The minimum absolute atomic E-state index is 0.0626. The molecule has 0 bridgehead atoms. The molecule has 0 amide bonds. The molecule has 1 aromatic rings. The summed E-state index contributed by atoms with van der Waals surface area (Å²) >= 11 is 6.07. The summed E-state index contributed by atoms with van der Waals surface area (Å²) in [5.74, 6) is 0.428. The lowest BCUT2D eigenvalue weighted by Crippen LogP contribution is -2.18. The summed E-state index contributed by atoms with van der Waals surface area (Å²) in [4.78, 5) is 3.94. The van der Waals surface area contributed by atoms with Crippen LogP contribution in [-0.4, -0.2) is 32.0 Å². The molecule has 1 aromatic heterocycles. The van der Waals surface area contributed by atoms with Crippen LogP contribution in [0, 0.1) is 0 Å². The average molecular weight is 291 g/mol. The predicted octanol–water partition coefficient (Wildman–Crippen LogP) is 2.21. The maximum atomic E-state index is 11.4. The van der Waals surface area contributed by atoms with Crippen molar-refractivity contribution in [1.82, 2.24) is 10.3 Å². The number of nitrogens with one attached hydrogen (secondary N) is 1. The first-order chi connectivity index (χ1) is 8.50. The fourth-order valence-electron chi connectivity index (χ4n) is 1.78. The number of nitrogens with zero attached hydrogens (tertiary/aromatic N) is 1. The maximum Gasteiger partial charge on any atom is 0.150 e. The third-order valence-corrected chi connectivity index (χ3v) is 5.02. The molecule has 0 radical (unpaired) electrons. The van der Waals surface area contributed by atoms with E-state index in [9.17, 15) is 8.42 Å². The van der Waals surface area contributed by atoms with Crippen molar-refractivity contribution in [2.24, 2.45) is 0 Å². The number of pyridine rings is 1. The van der Waals surface area contributed by atoms with E-state index in [-0.39, 0.29) is 17.5 Å². The Kier molecular flexibility index (Phi) is 6.05. The van der Waals surface area contributed by atoms with Gasteiger partial charge in [-0.3, -0.25) is 4.98 Å². The molecular formula is C12H19ClN2O2S. The first kappa shape index (κ1) is 15.4. The van der Waals surface area contributed by atoms with Gasteiger partial charge in [-0.15, -0.1) is 0 Å². The van der Waals surface area contributed by atoms with Gasteiger partial charge in [0.2, 0.25) is 0 Å². The summed E-state index contributed by atoms with van der Waals surface area (Å²) in [5.41, 5.74) is 0.961. The second kappa shape index (κ2) is 7.07. The lowest BCUT2D eigenvalue weighted by atomic mass is 10.0. The van der Waals surface area contributed by atoms with Crippen LogP contribution >= 0.6 is 11.6 Å². The molecule has 0 aliphatic heterocycles. The highest BCUT2D eigenvalue weighted by molar-refractivity contribution is 7.91. The maximum absolute atomic E-state index is 11.4. The van der Waals surface area contributed by atoms with Gasteiger partial charge in [0.25, 0.3) is 0 Å². The van der Waals surface area contributed by atoms with E-state index in [1.54, 1.807) is 19.3 Å². The number of hydrogen-bond acceptors (Lipinski definition) is 4. The van der Waals surface area contributed by atoms with Gasteiger partial charge in [-0.25, -0.2) is 8.42 Å². The normalized spacial score (nSPS) is 13.5. The van der Waals surface area contributed by atoms with Gasteiger partial charge in [-0.1, -0.05) is 18.5 Å². The first-order valence-electron chi connectivity index (χ1n) is 5.97. The lowest BCUT2D eigenvalue weighted by molar-refractivity contribution is 0.535. The zero-order valence-electron chi connectivity index (χ0n) is 10.7. The minimum atomic E-state index is -2.89. The van der Waals surface area contributed by atoms with E-state index in [0.717, 1.165) is 12.0 Å². The van der Waals surface area contributed by atoms with Crippen molar-refractivity contribution in [3.05, 3.63) is 29.0 Å². The van der Waals surface area contributed by atoms with E-state index in [1.165, 1.54) is 0 Å². The smallest absolute Gasteiger partial charge is 0.150 e. The molecule has 0 fully saturated rings. The molecule has 18 heavy (non-hydrogen) atoms. The summed E-state index contributed by atoms with van der Waals surface area (Å²) in [5, 5.41) is 3.76. The van der Waals surface area contributed by atoms with E-state index >= 15 is 0 Å². The Morgan fingerprint density at radius 3 is 2.78 bits per heavy atom. The van der Waals surface area contributed by atoms with Crippen LogP contribution < -0.4 is 5.32 Å².